The Morgan fingerprint density at radius 1 is 0.380 bits per heavy atom. The maximum Gasteiger partial charge on any atom is 0.0737 e. The molecule has 3 aromatic heterocycles. The van der Waals surface area contributed by atoms with E-state index in [1.165, 1.54) is 0 Å². The van der Waals surface area contributed by atoms with Crippen molar-refractivity contribution in [3.05, 3.63) is 167 Å². The molecule has 0 radical (unpaired) electrons. The minimum absolute atomic E-state index is 0. The van der Waals surface area contributed by atoms with Gasteiger partial charge < -0.3 is 9.97 Å². The van der Waals surface area contributed by atoms with Gasteiger partial charge >= 0.3 is 0 Å². The SMILES string of the molecule is Clc1cc2[nH]c1c(-c1ccccc1)c1nc(c(-c3ccccc3)c3ccc([nH]3)c(-c3ccccc3)c3nc(c2-c2ccccc2)C=C3)C=C1.[Fe]. The number of hydrogen-bond donors (Lipinski definition) is 2. The molecule has 0 saturated heterocycles. The Bertz CT molecular complexity index is 2590. The van der Waals surface area contributed by atoms with Gasteiger partial charge in [0.1, 0.15) is 0 Å². The van der Waals surface area contributed by atoms with E-state index in [9.17, 15) is 0 Å². The molecule has 2 N–H and O–H groups in total. The van der Waals surface area contributed by atoms with E-state index in [2.05, 4.69) is 131 Å². The zero-order valence-electron chi connectivity index (χ0n) is 26.7. The van der Waals surface area contributed by atoms with Crippen molar-refractivity contribution in [1.29, 1.82) is 0 Å². The van der Waals surface area contributed by atoms with Crippen molar-refractivity contribution in [2.75, 3.05) is 0 Å². The van der Waals surface area contributed by atoms with Crippen molar-refractivity contribution in [2.45, 2.75) is 0 Å². The van der Waals surface area contributed by atoms with E-state index in [1.54, 1.807) is 0 Å². The number of hydrogen-bond acceptors (Lipinski definition) is 2. The number of aromatic amines is 2. The second-order valence-electron chi connectivity index (χ2n) is 12.1. The minimum atomic E-state index is 0. The number of nitrogens with one attached hydrogen (secondary N) is 2. The molecule has 4 nitrogen and oxygen atoms in total. The summed E-state index contributed by atoms with van der Waals surface area (Å²) in [7, 11) is 0. The molecule has 5 heterocycles. The minimum Gasteiger partial charge on any atom is -0.354 e. The molecule has 2 aliphatic heterocycles. The van der Waals surface area contributed by atoms with Gasteiger partial charge in [-0.1, -0.05) is 133 Å². The molecule has 8 bridgehead atoms. The van der Waals surface area contributed by atoms with Crippen LogP contribution in [0.5, 0.6) is 0 Å². The number of rotatable bonds is 4. The van der Waals surface area contributed by atoms with E-state index >= 15 is 0 Å². The molecule has 0 aliphatic carbocycles. The van der Waals surface area contributed by atoms with E-state index < -0.39 is 0 Å². The van der Waals surface area contributed by atoms with E-state index in [1.807, 2.05) is 42.5 Å². The third kappa shape index (κ3) is 5.62. The van der Waals surface area contributed by atoms with Crippen molar-refractivity contribution in [1.82, 2.24) is 19.9 Å². The van der Waals surface area contributed by atoms with Crippen LogP contribution in [0, 0.1) is 0 Å². The van der Waals surface area contributed by atoms with Crippen LogP contribution in [0.3, 0.4) is 0 Å². The van der Waals surface area contributed by atoms with Crippen LogP contribution < -0.4 is 0 Å². The van der Waals surface area contributed by atoms with Crippen molar-refractivity contribution >= 4 is 58.0 Å². The molecule has 240 valence electrons. The first kappa shape index (κ1) is 31.6. The fourth-order valence-electron chi connectivity index (χ4n) is 6.88. The van der Waals surface area contributed by atoms with Gasteiger partial charge in [-0.3, -0.25) is 0 Å². The molecule has 7 aromatic rings. The van der Waals surface area contributed by atoms with Gasteiger partial charge in [-0.15, -0.1) is 0 Å². The standard InChI is InChI=1S/C44H29ClN4.Fe/c45-32-27-39-42(30-17-9-3-10-18-30)37-24-23-35(47-37)40(28-13-5-1-6-14-28)33-21-22-34(46-33)41(29-15-7-2-8-16-29)36-25-26-38(48-36)43(44(32)49-39)31-19-11-4-12-20-31;/h1-27,46,49H;. The molecule has 9 rings (SSSR count). The smallest absolute Gasteiger partial charge is 0.0737 e. The van der Waals surface area contributed by atoms with Gasteiger partial charge in [0.2, 0.25) is 0 Å². The Kier molecular flexibility index (Phi) is 8.39. The number of aromatic nitrogens is 4. The Morgan fingerprint density at radius 2 is 0.720 bits per heavy atom. The Morgan fingerprint density at radius 3 is 1.12 bits per heavy atom. The van der Waals surface area contributed by atoms with Gasteiger partial charge in [0.05, 0.1) is 38.8 Å². The zero-order chi connectivity index (χ0) is 32.7. The third-order valence-electron chi connectivity index (χ3n) is 9.07. The molecule has 0 fully saturated rings. The number of H-pyrrole nitrogens is 2. The molecule has 0 atom stereocenters. The zero-order valence-corrected chi connectivity index (χ0v) is 28.6. The Hall–Kier alpha value is -5.71. The summed E-state index contributed by atoms with van der Waals surface area (Å²) < 4.78 is 0. The van der Waals surface area contributed by atoms with Gasteiger partial charge in [0, 0.05) is 50.4 Å². The van der Waals surface area contributed by atoms with Crippen LogP contribution in [0.25, 0.3) is 90.9 Å². The van der Waals surface area contributed by atoms with Gasteiger partial charge in [0.25, 0.3) is 0 Å². The van der Waals surface area contributed by atoms with Crippen LogP contribution in [0.15, 0.2) is 140 Å². The molecule has 4 aromatic carbocycles. The van der Waals surface area contributed by atoms with Crippen LogP contribution in [-0.2, 0) is 17.1 Å². The molecule has 0 unspecified atom stereocenters. The van der Waals surface area contributed by atoms with E-state index in [0.717, 1.165) is 89.4 Å². The molecular weight excluding hydrogens is 676 g/mol. The van der Waals surface area contributed by atoms with Crippen LogP contribution >= 0.6 is 11.6 Å². The average molecular weight is 705 g/mol. The number of benzene rings is 4. The summed E-state index contributed by atoms with van der Waals surface area (Å²) >= 11 is 7.20. The monoisotopic (exact) mass is 704 g/mol. The maximum absolute atomic E-state index is 7.20. The first-order valence-corrected chi connectivity index (χ1v) is 16.7. The van der Waals surface area contributed by atoms with Crippen molar-refractivity contribution in [2.24, 2.45) is 0 Å². The summed E-state index contributed by atoms with van der Waals surface area (Å²) in [6, 6.07) is 47.9. The Balaban J connectivity index is 0.00000361. The van der Waals surface area contributed by atoms with Crippen LogP contribution in [0.1, 0.15) is 22.8 Å². The third-order valence-corrected chi connectivity index (χ3v) is 9.37. The summed E-state index contributed by atoms with van der Waals surface area (Å²) in [6.07, 6.45) is 8.40. The normalized spacial score (nSPS) is 11.8. The summed E-state index contributed by atoms with van der Waals surface area (Å²) in [5.74, 6) is 0. The summed E-state index contributed by atoms with van der Waals surface area (Å²) in [5.41, 5.74) is 15.2. The van der Waals surface area contributed by atoms with Gasteiger partial charge in [-0.05, 0) is 64.8 Å². The Labute approximate surface area is 305 Å². The van der Waals surface area contributed by atoms with Gasteiger partial charge in [-0.25, -0.2) is 9.97 Å². The maximum atomic E-state index is 7.20. The quantitative estimate of drug-likeness (QED) is 0.179. The summed E-state index contributed by atoms with van der Waals surface area (Å²) in [6.45, 7) is 0. The first-order chi connectivity index (χ1) is 24.2. The average Bonchev–Trinajstić information content (AvgIpc) is 3.98. The van der Waals surface area contributed by atoms with Gasteiger partial charge in [-0.2, -0.15) is 0 Å². The number of halogens is 1. The van der Waals surface area contributed by atoms with Crippen LogP contribution in [0.4, 0.5) is 0 Å². The molecular formula is C44H29ClFeN4. The fraction of sp³-hybridized carbons (Fsp3) is 0. The molecule has 0 spiro atoms. The number of nitrogens with zero attached hydrogens (tertiary/aromatic N) is 2. The predicted octanol–water partition coefficient (Wildman–Crippen LogP) is 12.0. The second kappa shape index (κ2) is 13.3. The summed E-state index contributed by atoms with van der Waals surface area (Å²) in [4.78, 5) is 18.2. The van der Waals surface area contributed by atoms with Crippen molar-refractivity contribution in [3.8, 4) is 44.5 Å². The predicted molar refractivity (Wildman–Crippen MR) is 206 cm³/mol. The molecule has 0 saturated carbocycles. The van der Waals surface area contributed by atoms with E-state index in [4.69, 9.17) is 21.6 Å². The van der Waals surface area contributed by atoms with E-state index in [0.29, 0.717) is 5.02 Å². The molecule has 0 amide bonds. The summed E-state index contributed by atoms with van der Waals surface area (Å²) in [5, 5.41) is 0.611. The van der Waals surface area contributed by atoms with Crippen LogP contribution in [0.2, 0.25) is 5.02 Å². The van der Waals surface area contributed by atoms with Gasteiger partial charge in [0.15, 0.2) is 0 Å². The second-order valence-corrected chi connectivity index (χ2v) is 12.5. The van der Waals surface area contributed by atoms with E-state index in [-0.39, 0.29) is 17.1 Å². The number of fused-ring (bicyclic) bond motifs is 8. The fourth-order valence-corrected chi connectivity index (χ4v) is 7.13. The molecule has 6 heteroatoms. The first-order valence-electron chi connectivity index (χ1n) is 16.3. The van der Waals surface area contributed by atoms with Crippen molar-refractivity contribution in [3.63, 3.8) is 0 Å². The molecule has 50 heavy (non-hydrogen) atoms. The topological polar surface area (TPSA) is 57.4 Å². The largest absolute Gasteiger partial charge is 0.354 e. The van der Waals surface area contributed by atoms with Crippen molar-refractivity contribution < 1.29 is 17.1 Å². The molecule has 2 aliphatic rings. The van der Waals surface area contributed by atoms with Crippen LogP contribution in [-0.4, -0.2) is 19.9 Å².